The molecule has 5 rings (SSSR count). The molecule has 0 radical (unpaired) electrons. The number of piperidine rings is 1. The Morgan fingerprint density at radius 2 is 2.08 bits per heavy atom. The summed E-state index contributed by atoms with van der Waals surface area (Å²) < 4.78 is 5.43. The maximum absolute atomic E-state index is 5.43. The third-order valence-corrected chi connectivity index (χ3v) is 5.33. The first-order valence-electron chi connectivity index (χ1n) is 8.38. The fraction of sp³-hybridized carbons (Fsp3) is 0.625. The molecule has 3 fully saturated rings. The van der Waals surface area contributed by atoms with E-state index in [9.17, 15) is 0 Å². The Morgan fingerprint density at radius 1 is 1.21 bits per heavy atom. The zero-order valence-corrected chi connectivity index (χ0v) is 14.7. The van der Waals surface area contributed by atoms with Crippen molar-refractivity contribution in [1.82, 2.24) is 25.0 Å². The molecule has 7 nitrogen and oxygen atoms in total. The molecule has 3 saturated heterocycles. The van der Waals surface area contributed by atoms with Crippen LogP contribution >= 0.6 is 11.8 Å². The van der Waals surface area contributed by atoms with Crippen LogP contribution in [-0.2, 0) is 12.3 Å². The fourth-order valence-corrected chi connectivity index (χ4v) is 4.08. The second-order valence-corrected chi connectivity index (χ2v) is 7.38. The van der Waals surface area contributed by atoms with Gasteiger partial charge >= 0.3 is 0 Å². The van der Waals surface area contributed by atoms with Gasteiger partial charge in [0.25, 0.3) is 0 Å². The minimum absolute atomic E-state index is 0.489. The van der Waals surface area contributed by atoms with Crippen molar-refractivity contribution in [3.8, 4) is 0 Å². The van der Waals surface area contributed by atoms with Crippen molar-refractivity contribution in [2.24, 2.45) is 5.92 Å². The van der Waals surface area contributed by atoms with Gasteiger partial charge in [-0.3, -0.25) is 4.90 Å². The van der Waals surface area contributed by atoms with Gasteiger partial charge in [-0.15, -0.1) is 0 Å². The van der Waals surface area contributed by atoms with Gasteiger partial charge in [-0.2, -0.15) is 16.7 Å². The van der Waals surface area contributed by atoms with Crippen molar-refractivity contribution in [3.63, 3.8) is 0 Å². The molecule has 0 unspecified atom stereocenters. The summed E-state index contributed by atoms with van der Waals surface area (Å²) in [7, 11) is 0. The third kappa shape index (κ3) is 3.39. The smallest absolute Gasteiger partial charge is 0.240 e. The minimum atomic E-state index is 0.489. The fourth-order valence-electron chi connectivity index (χ4n) is 3.71. The summed E-state index contributed by atoms with van der Waals surface area (Å²) in [5.41, 5.74) is 0. The number of hydrogen-bond acceptors (Lipinski definition) is 8. The topological polar surface area (TPSA) is 71.2 Å². The highest BCUT2D eigenvalue weighted by Gasteiger charge is 2.36. The maximum atomic E-state index is 5.43. The van der Waals surface area contributed by atoms with E-state index in [0.29, 0.717) is 12.0 Å². The number of thioether (sulfide) groups is 1. The van der Waals surface area contributed by atoms with E-state index in [0.717, 1.165) is 49.6 Å². The lowest BCUT2D eigenvalue weighted by atomic mass is 9.95. The highest BCUT2D eigenvalue weighted by molar-refractivity contribution is 7.97. The van der Waals surface area contributed by atoms with Crippen LogP contribution in [0, 0.1) is 5.92 Å². The third-order valence-electron chi connectivity index (χ3n) is 4.78. The molecule has 2 bridgehead atoms. The summed E-state index contributed by atoms with van der Waals surface area (Å²) in [6.45, 7) is 3.81. The molecule has 8 heteroatoms. The lowest BCUT2D eigenvalue weighted by Crippen LogP contribution is -2.43. The number of anilines is 1. The molecular formula is C16H22N6OS. The lowest BCUT2D eigenvalue weighted by Gasteiger charge is -2.34. The van der Waals surface area contributed by atoms with Crippen LogP contribution in [0.2, 0.25) is 0 Å². The van der Waals surface area contributed by atoms with Gasteiger partial charge in [-0.25, -0.2) is 9.97 Å². The van der Waals surface area contributed by atoms with Gasteiger partial charge in [-0.1, -0.05) is 5.16 Å². The van der Waals surface area contributed by atoms with Gasteiger partial charge in [0.15, 0.2) is 5.82 Å². The highest BCUT2D eigenvalue weighted by Crippen LogP contribution is 2.30. The van der Waals surface area contributed by atoms with E-state index in [2.05, 4.69) is 29.9 Å². The summed E-state index contributed by atoms with van der Waals surface area (Å²) in [6.07, 6.45) is 8.16. The molecule has 2 aromatic rings. The molecule has 5 heterocycles. The molecule has 0 amide bonds. The second-order valence-electron chi connectivity index (χ2n) is 6.52. The predicted molar refractivity (Wildman–Crippen MR) is 92.7 cm³/mol. The van der Waals surface area contributed by atoms with Crippen LogP contribution < -0.4 is 4.90 Å². The Labute approximate surface area is 145 Å². The summed E-state index contributed by atoms with van der Waals surface area (Å²) >= 11 is 1.71. The van der Waals surface area contributed by atoms with E-state index in [1.54, 1.807) is 11.8 Å². The van der Waals surface area contributed by atoms with Crippen LogP contribution in [0.4, 0.5) is 5.95 Å². The summed E-state index contributed by atoms with van der Waals surface area (Å²) in [6, 6.07) is 2.35. The van der Waals surface area contributed by atoms with Crippen LogP contribution in [0.3, 0.4) is 0 Å². The molecule has 2 atom stereocenters. The predicted octanol–water partition coefficient (Wildman–Crippen LogP) is 1.82. The maximum Gasteiger partial charge on any atom is 0.240 e. The van der Waals surface area contributed by atoms with Crippen LogP contribution in [0.1, 0.15) is 24.6 Å². The van der Waals surface area contributed by atoms with Gasteiger partial charge in [0.05, 0.1) is 12.3 Å². The first-order chi connectivity index (χ1) is 11.8. The Bertz CT molecular complexity index is 666. The SMILES string of the molecule is CSCc1noc(CN2C[C@H]3CC[C@@H]2CN(c2ncccn2)C3)n1. The number of nitrogens with zero attached hydrogens (tertiary/aromatic N) is 6. The normalized spacial score (nSPS) is 24.3. The van der Waals surface area contributed by atoms with Gasteiger partial charge < -0.3 is 9.42 Å². The monoisotopic (exact) mass is 346 g/mol. The van der Waals surface area contributed by atoms with Crippen LogP contribution in [0.25, 0.3) is 0 Å². The summed E-state index contributed by atoms with van der Waals surface area (Å²) in [5, 5.41) is 4.06. The zero-order chi connectivity index (χ0) is 16.4. The molecular weight excluding hydrogens is 324 g/mol. The van der Waals surface area contributed by atoms with Crippen LogP contribution in [0.5, 0.6) is 0 Å². The van der Waals surface area contributed by atoms with Crippen molar-refractivity contribution in [2.75, 3.05) is 30.8 Å². The van der Waals surface area contributed by atoms with E-state index in [1.165, 1.54) is 12.8 Å². The number of fused-ring (bicyclic) bond motifs is 4. The van der Waals surface area contributed by atoms with Crippen molar-refractivity contribution in [2.45, 2.75) is 31.2 Å². The van der Waals surface area contributed by atoms with Gasteiger partial charge in [0.1, 0.15) is 0 Å². The number of rotatable bonds is 5. The average molecular weight is 346 g/mol. The molecule has 0 saturated carbocycles. The molecule has 24 heavy (non-hydrogen) atoms. The van der Waals surface area contributed by atoms with Crippen molar-refractivity contribution >= 4 is 17.7 Å². The molecule has 0 N–H and O–H groups in total. The molecule has 0 aromatic carbocycles. The second kappa shape index (κ2) is 7.06. The first kappa shape index (κ1) is 15.8. The average Bonchev–Trinajstić information content (AvgIpc) is 2.85. The molecule has 0 spiro atoms. The van der Waals surface area contributed by atoms with Gasteiger partial charge in [0, 0.05) is 38.1 Å². The largest absolute Gasteiger partial charge is 0.339 e. The Kier molecular flexibility index (Phi) is 4.66. The summed E-state index contributed by atoms with van der Waals surface area (Å²) in [5.74, 6) is 3.80. The standard InChI is InChI=1S/C16H22N6OS/c1-24-11-14-19-15(23-20-14)10-21-7-12-3-4-13(21)9-22(8-12)16-17-5-2-6-18-16/h2,5-6,12-13H,3-4,7-11H2,1H3/t12-,13-/m1/s1. The van der Waals surface area contributed by atoms with Gasteiger partial charge in [-0.05, 0) is 31.1 Å². The Morgan fingerprint density at radius 3 is 2.92 bits per heavy atom. The molecule has 3 aliphatic heterocycles. The minimum Gasteiger partial charge on any atom is -0.339 e. The summed E-state index contributed by atoms with van der Waals surface area (Å²) in [4.78, 5) is 18.2. The van der Waals surface area contributed by atoms with E-state index in [1.807, 2.05) is 24.7 Å². The highest BCUT2D eigenvalue weighted by atomic mass is 32.2. The van der Waals surface area contributed by atoms with Gasteiger partial charge in [0.2, 0.25) is 11.8 Å². The molecule has 2 aromatic heterocycles. The van der Waals surface area contributed by atoms with Crippen LogP contribution in [0.15, 0.2) is 23.0 Å². The quantitative estimate of drug-likeness (QED) is 0.812. The lowest BCUT2D eigenvalue weighted by molar-refractivity contribution is 0.112. The first-order valence-corrected chi connectivity index (χ1v) is 9.77. The van der Waals surface area contributed by atoms with E-state index >= 15 is 0 Å². The van der Waals surface area contributed by atoms with Crippen molar-refractivity contribution in [1.29, 1.82) is 0 Å². The van der Waals surface area contributed by atoms with E-state index in [4.69, 9.17) is 4.52 Å². The molecule has 0 aliphatic carbocycles. The van der Waals surface area contributed by atoms with E-state index in [-0.39, 0.29) is 0 Å². The van der Waals surface area contributed by atoms with Crippen molar-refractivity contribution < 1.29 is 4.52 Å². The van der Waals surface area contributed by atoms with Crippen LogP contribution in [-0.4, -0.2) is 56.9 Å². The number of hydrogen-bond donors (Lipinski definition) is 0. The Balaban J connectivity index is 1.46. The number of aromatic nitrogens is 4. The van der Waals surface area contributed by atoms with Crippen molar-refractivity contribution in [3.05, 3.63) is 30.2 Å². The van der Waals surface area contributed by atoms with E-state index < -0.39 is 0 Å². The molecule has 128 valence electrons. The zero-order valence-electron chi connectivity index (χ0n) is 13.8. The Hall–Kier alpha value is -1.67. The molecule has 3 aliphatic rings.